The molecule has 0 saturated heterocycles. The zero-order valence-electron chi connectivity index (χ0n) is 11.4. The smallest absolute Gasteiger partial charge is 0.354 e. The van der Waals surface area contributed by atoms with E-state index >= 15 is 0 Å². The van der Waals surface area contributed by atoms with Gasteiger partial charge in [-0.3, -0.25) is 0 Å². The topological polar surface area (TPSA) is 95.7 Å². The van der Waals surface area contributed by atoms with Crippen LogP contribution in [0.25, 0.3) is 0 Å². The van der Waals surface area contributed by atoms with Crippen LogP contribution in [0.3, 0.4) is 0 Å². The van der Waals surface area contributed by atoms with Crippen molar-refractivity contribution in [3.8, 4) is 0 Å². The number of hydrogen-bond donors (Lipinski definition) is 2. The van der Waals surface area contributed by atoms with E-state index in [0.29, 0.717) is 6.54 Å². The van der Waals surface area contributed by atoms with Crippen molar-refractivity contribution >= 4 is 12.0 Å². The molecule has 2 aromatic rings. The summed E-state index contributed by atoms with van der Waals surface area (Å²) in [6.07, 6.45) is 4.56. The second kappa shape index (κ2) is 6.56. The third-order valence-electron chi connectivity index (χ3n) is 2.83. The maximum Gasteiger partial charge on any atom is 0.354 e. The predicted molar refractivity (Wildman–Crippen MR) is 73.6 cm³/mol. The van der Waals surface area contributed by atoms with Crippen molar-refractivity contribution in [2.45, 2.75) is 13.1 Å². The molecule has 2 rings (SSSR count). The fraction of sp³-hybridized carbons (Fsp3) is 0.214. The Balaban J connectivity index is 1.84. The number of aromatic carboxylic acids is 1. The van der Waals surface area contributed by atoms with E-state index in [4.69, 9.17) is 9.52 Å². The summed E-state index contributed by atoms with van der Waals surface area (Å²) < 4.78 is 4.94. The van der Waals surface area contributed by atoms with Crippen LogP contribution in [-0.4, -0.2) is 34.0 Å². The lowest BCUT2D eigenvalue weighted by Gasteiger charge is -2.17. The Morgan fingerprint density at radius 1 is 1.33 bits per heavy atom. The molecule has 21 heavy (non-hydrogen) atoms. The third kappa shape index (κ3) is 4.07. The Labute approximate surface area is 121 Å². The summed E-state index contributed by atoms with van der Waals surface area (Å²) in [6.45, 7) is 0.722. The number of pyridine rings is 1. The van der Waals surface area contributed by atoms with Gasteiger partial charge in [-0.2, -0.15) is 0 Å². The molecule has 0 aliphatic heterocycles. The van der Waals surface area contributed by atoms with Crippen molar-refractivity contribution in [3.05, 3.63) is 53.7 Å². The van der Waals surface area contributed by atoms with E-state index in [1.54, 1.807) is 31.7 Å². The van der Waals surface area contributed by atoms with Crippen LogP contribution in [-0.2, 0) is 13.1 Å². The first-order valence-electron chi connectivity index (χ1n) is 6.24. The number of carboxylic acids is 1. The van der Waals surface area contributed by atoms with Crippen LogP contribution in [0.1, 0.15) is 21.6 Å². The van der Waals surface area contributed by atoms with Crippen molar-refractivity contribution < 1.29 is 19.1 Å². The zero-order chi connectivity index (χ0) is 15.2. The van der Waals surface area contributed by atoms with E-state index < -0.39 is 5.97 Å². The van der Waals surface area contributed by atoms with Crippen molar-refractivity contribution in [3.63, 3.8) is 0 Å². The number of hydrogen-bond acceptors (Lipinski definition) is 4. The van der Waals surface area contributed by atoms with E-state index in [1.165, 1.54) is 17.2 Å². The number of carbonyl (C=O) groups excluding carboxylic acids is 1. The number of urea groups is 1. The van der Waals surface area contributed by atoms with Crippen molar-refractivity contribution in [2.24, 2.45) is 0 Å². The Morgan fingerprint density at radius 2 is 2.14 bits per heavy atom. The molecule has 0 atom stereocenters. The van der Waals surface area contributed by atoms with Gasteiger partial charge in [0, 0.05) is 25.4 Å². The monoisotopic (exact) mass is 289 g/mol. The Morgan fingerprint density at radius 3 is 2.71 bits per heavy atom. The van der Waals surface area contributed by atoms with Gasteiger partial charge in [0.2, 0.25) is 0 Å². The number of aromatic nitrogens is 1. The number of carbonyl (C=O) groups is 2. The first-order valence-corrected chi connectivity index (χ1v) is 6.24. The molecular weight excluding hydrogens is 274 g/mol. The van der Waals surface area contributed by atoms with Crippen LogP contribution in [0, 0.1) is 0 Å². The number of carboxylic acid groups (broad SMARTS) is 1. The summed E-state index contributed by atoms with van der Waals surface area (Å²) in [5.41, 5.74) is 1.60. The molecule has 2 amide bonds. The van der Waals surface area contributed by atoms with Crippen molar-refractivity contribution in [1.29, 1.82) is 0 Å². The van der Waals surface area contributed by atoms with Crippen molar-refractivity contribution in [1.82, 2.24) is 15.2 Å². The van der Waals surface area contributed by atoms with Gasteiger partial charge in [-0.05, 0) is 17.7 Å². The average Bonchev–Trinajstić information content (AvgIpc) is 2.98. The first-order chi connectivity index (χ1) is 10.1. The standard InChI is InChI=1S/C14H15N3O4/c1-17(8-11-4-5-21-9-11)14(20)16-7-10-2-3-12(13(18)19)15-6-10/h2-6,9H,7-8H2,1H3,(H,16,20)(H,18,19). The maximum absolute atomic E-state index is 11.9. The van der Waals surface area contributed by atoms with Gasteiger partial charge < -0.3 is 19.7 Å². The van der Waals surface area contributed by atoms with Gasteiger partial charge in [0.1, 0.15) is 5.69 Å². The quantitative estimate of drug-likeness (QED) is 0.873. The fourth-order valence-electron chi connectivity index (χ4n) is 1.70. The molecule has 0 saturated carbocycles. The van der Waals surface area contributed by atoms with Gasteiger partial charge >= 0.3 is 12.0 Å². The molecule has 7 heteroatoms. The lowest BCUT2D eigenvalue weighted by Crippen LogP contribution is -2.36. The summed E-state index contributed by atoms with van der Waals surface area (Å²) in [7, 11) is 1.67. The number of nitrogens with one attached hydrogen (secondary N) is 1. The van der Waals surface area contributed by atoms with Crippen LogP contribution >= 0.6 is 0 Å². The van der Waals surface area contributed by atoms with Crippen LogP contribution in [0.5, 0.6) is 0 Å². The minimum atomic E-state index is -1.08. The van der Waals surface area contributed by atoms with E-state index in [2.05, 4.69) is 10.3 Å². The minimum Gasteiger partial charge on any atom is -0.477 e. The molecule has 2 heterocycles. The highest BCUT2D eigenvalue weighted by atomic mass is 16.4. The summed E-state index contributed by atoms with van der Waals surface area (Å²) in [5, 5.41) is 11.5. The highest BCUT2D eigenvalue weighted by Gasteiger charge is 2.10. The van der Waals surface area contributed by atoms with E-state index in [9.17, 15) is 9.59 Å². The van der Waals surface area contributed by atoms with Gasteiger partial charge in [-0.15, -0.1) is 0 Å². The molecule has 0 bridgehead atoms. The molecule has 0 spiro atoms. The molecule has 0 aliphatic carbocycles. The lowest BCUT2D eigenvalue weighted by molar-refractivity contribution is 0.0690. The Bertz CT molecular complexity index is 608. The number of amides is 2. The summed E-state index contributed by atoms with van der Waals surface area (Å²) >= 11 is 0. The van der Waals surface area contributed by atoms with E-state index in [1.807, 2.05) is 0 Å². The van der Waals surface area contributed by atoms with Gasteiger partial charge in [0.05, 0.1) is 19.1 Å². The number of rotatable bonds is 5. The van der Waals surface area contributed by atoms with E-state index in [0.717, 1.165) is 11.1 Å². The molecule has 110 valence electrons. The normalized spacial score (nSPS) is 10.1. The van der Waals surface area contributed by atoms with Crippen LogP contribution in [0.15, 0.2) is 41.3 Å². The molecule has 2 N–H and O–H groups in total. The van der Waals surface area contributed by atoms with E-state index in [-0.39, 0.29) is 18.3 Å². The Kier molecular flexibility index (Phi) is 4.55. The third-order valence-corrected chi connectivity index (χ3v) is 2.83. The average molecular weight is 289 g/mol. The molecule has 0 fully saturated rings. The van der Waals surface area contributed by atoms with Gasteiger partial charge in [-0.25, -0.2) is 14.6 Å². The van der Waals surface area contributed by atoms with Gasteiger partial charge in [0.25, 0.3) is 0 Å². The molecule has 0 aromatic carbocycles. The van der Waals surface area contributed by atoms with Gasteiger partial charge in [0.15, 0.2) is 0 Å². The highest BCUT2D eigenvalue weighted by molar-refractivity contribution is 5.85. The lowest BCUT2D eigenvalue weighted by atomic mass is 10.2. The minimum absolute atomic E-state index is 0.0258. The van der Waals surface area contributed by atoms with Crippen LogP contribution in [0.4, 0.5) is 4.79 Å². The summed E-state index contributed by atoms with van der Waals surface area (Å²) in [6, 6.07) is 4.57. The molecule has 0 unspecified atom stereocenters. The summed E-state index contributed by atoms with van der Waals surface area (Å²) in [5.74, 6) is -1.08. The largest absolute Gasteiger partial charge is 0.477 e. The van der Waals surface area contributed by atoms with Crippen LogP contribution in [0.2, 0.25) is 0 Å². The summed E-state index contributed by atoms with van der Waals surface area (Å²) in [4.78, 5) is 27.9. The molecule has 0 aliphatic rings. The van der Waals surface area contributed by atoms with Crippen molar-refractivity contribution in [2.75, 3.05) is 7.05 Å². The molecular formula is C14H15N3O4. The second-order valence-corrected chi connectivity index (χ2v) is 4.50. The fourth-order valence-corrected chi connectivity index (χ4v) is 1.70. The molecule has 2 aromatic heterocycles. The van der Waals surface area contributed by atoms with Crippen LogP contribution < -0.4 is 5.32 Å². The predicted octanol–water partition coefficient (Wildman–Crippen LogP) is 1.71. The zero-order valence-corrected chi connectivity index (χ0v) is 11.4. The van der Waals surface area contributed by atoms with Gasteiger partial charge in [-0.1, -0.05) is 6.07 Å². The molecule has 0 radical (unpaired) electrons. The molecule has 7 nitrogen and oxygen atoms in total. The first kappa shape index (κ1) is 14.6. The second-order valence-electron chi connectivity index (χ2n) is 4.50. The Hall–Kier alpha value is -2.83. The SMILES string of the molecule is CN(Cc1ccoc1)C(=O)NCc1ccc(C(=O)O)nc1. The number of nitrogens with zero attached hydrogens (tertiary/aromatic N) is 2. The maximum atomic E-state index is 11.9. The highest BCUT2D eigenvalue weighted by Crippen LogP contribution is 2.04. The number of furan rings is 1.